The molecule has 0 amide bonds. The monoisotopic (exact) mass is 188 g/mol. The summed E-state index contributed by atoms with van der Waals surface area (Å²) in [6.07, 6.45) is 3.04. The molecule has 3 N–H and O–H groups in total. The molecule has 0 heterocycles. The van der Waals surface area contributed by atoms with Crippen LogP contribution < -0.4 is 0 Å². The molecule has 0 aliphatic heterocycles. The van der Waals surface area contributed by atoms with Gasteiger partial charge in [0.15, 0.2) is 0 Å². The molecule has 3 unspecified atom stereocenters. The maximum Gasteiger partial charge on any atom is 0.0880 e. The molecule has 3 atom stereocenters. The largest absolute Gasteiger partial charge is 0.396 e. The Balaban J connectivity index is 2.57. The zero-order valence-corrected chi connectivity index (χ0v) is 8.24. The molecule has 1 rings (SSSR count). The first-order valence-electron chi connectivity index (χ1n) is 5.04. The average molecular weight is 188 g/mol. The summed E-state index contributed by atoms with van der Waals surface area (Å²) in [6.45, 7) is 2.11. The van der Waals surface area contributed by atoms with E-state index in [-0.39, 0.29) is 13.2 Å². The van der Waals surface area contributed by atoms with Crippen molar-refractivity contribution < 1.29 is 15.3 Å². The Bertz CT molecular complexity index is 160. The molecule has 3 nitrogen and oxygen atoms in total. The molecule has 0 radical (unpaired) electrons. The molecule has 1 fully saturated rings. The van der Waals surface area contributed by atoms with Crippen molar-refractivity contribution in [2.45, 2.75) is 38.2 Å². The van der Waals surface area contributed by atoms with Crippen molar-refractivity contribution in [1.29, 1.82) is 0 Å². The first-order valence-corrected chi connectivity index (χ1v) is 5.04. The van der Waals surface area contributed by atoms with E-state index in [1.54, 1.807) is 0 Å². The predicted molar refractivity (Wildman–Crippen MR) is 50.2 cm³/mol. The van der Waals surface area contributed by atoms with Crippen molar-refractivity contribution in [1.82, 2.24) is 0 Å². The first kappa shape index (κ1) is 11.0. The first-order chi connectivity index (χ1) is 6.09. The van der Waals surface area contributed by atoms with Crippen LogP contribution in [-0.4, -0.2) is 34.1 Å². The SMILES string of the molecule is CC1CC(CO)CCC(O)(CO)C1. The van der Waals surface area contributed by atoms with Crippen molar-refractivity contribution >= 4 is 0 Å². The van der Waals surface area contributed by atoms with E-state index >= 15 is 0 Å². The zero-order valence-electron chi connectivity index (χ0n) is 8.24. The van der Waals surface area contributed by atoms with Crippen molar-refractivity contribution in [2.24, 2.45) is 11.8 Å². The van der Waals surface area contributed by atoms with Crippen molar-refractivity contribution in [3.63, 3.8) is 0 Å². The van der Waals surface area contributed by atoms with E-state index in [0.717, 1.165) is 12.8 Å². The summed E-state index contributed by atoms with van der Waals surface area (Å²) in [4.78, 5) is 0. The van der Waals surface area contributed by atoms with Gasteiger partial charge in [-0.3, -0.25) is 0 Å². The molecular weight excluding hydrogens is 168 g/mol. The molecule has 1 aliphatic rings. The van der Waals surface area contributed by atoms with E-state index in [1.165, 1.54) is 0 Å². The van der Waals surface area contributed by atoms with Gasteiger partial charge in [0.2, 0.25) is 0 Å². The number of aliphatic hydroxyl groups is 3. The summed E-state index contributed by atoms with van der Waals surface area (Å²) in [5.41, 5.74) is -0.899. The summed E-state index contributed by atoms with van der Waals surface area (Å²) in [5.74, 6) is 0.687. The summed E-state index contributed by atoms with van der Waals surface area (Å²) in [5, 5.41) is 28.0. The van der Waals surface area contributed by atoms with Crippen LogP contribution in [0.25, 0.3) is 0 Å². The fourth-order valence-electron chi connectivity index (χ4n) is 2.30. The third kappa shape index (κ3) is 2.93. The van der Waals surface area contributed by atoms with E-state index in [0.29, 0.717) is 24.7 Å². The molecular formula is C10H20O3. The van der Waals surface area contributed by atoms with Crippen molar-refractivity contribution in [2.75, 3.05) is 13.2 Å². The van der Waals surface area contributed by atoms with Crippen LogP contribution in [0.4, 0.5) is 0 Å². The van der Waals surface area contributed by atoms with Crippen LogP contribution >= 0.6 is 0 Å². The van der Waals surface area contributed by atoms with Crippen LogP contribution in [0.1, 0.15) is 32.6 Å². The lowest BCUT2D eigenvalue weighted by molar-refractivity contribution is -0.0340. The van der Waals surface area contributed by atoms with Crippen molar-refractivity contribution in [3.05, 3.63) is 0 Å². The topological polar surface area (TPSA) is 60.7 Å². The lowest BCUT2D eigenvalue weighted by atomic mass is 9.91. The fourth-order valence-corrected chi connectivity index (χ4v) is 2.30. The highest BCUT2D eigenvalue weighted by Crippen LogP contribution is 2.33. The van der Waals surface area contributed by atoms with E-state index < -0.39 is 5.60 Å². The molecule has 0 aromatic heterocycles. The zero-order chi connectivity index (χ0) is 9.90. The molecule has 3 heteroatoms. The Morgan fingerprint density at radius 3 is 2.62 bits per heavy atom. The van der Waals surface area contributed by atoms with Gasteiger partial charge in [-0.1, -0.05) is 6.92 Å². The maximum atomic E-state index is 9.91. The Labute approximate surface area is 79.4 Å². The van der Waals surface area contributed by atoms with Crippen LogP contribution in [0.2, 0.25) is 0 Å². The Morgan fingerprint density at radius 2 is 2.08 bits per heavy atom. The van der Waals surface area contributed by atoms with Crippen LogP contribution in [0, 0.1) is 11.8 Å². The highest BCUT2D eigenvalue weighted by Gasteiger charge is 2.33. The second-order valence-electron chi connectivity index (χ2n) is 4.51. The summed E-state index contributed by atoms with van der Waals surface area (Å²) in [7, 11) is 0. The highest BCUT2D eigenvalue weighted by atomic mass is 16.3. The number of rotatable bonds is 2. The molecule has 0 spiro atoms. The third-order valence-corrected chi connectivity index (χ3v) is 3.03. The second-order valence-corrected chi connectivity index (χ2v) is 4.51. The molecule has 13 heavy (non-hydrogen) atoms. The van der Waals surface area contributed by atoms with E-state index in [4.69, 9.17) is 10.2 Å². The molecule has 0 bridgehead atoms. The molecule has 1 aliphatic carbocycles. The number of aliphatic hydroxyl groups excluding tert-OH is 2. The van der Waals surface area contributed by atoms with Gasteiger partial charge in [0.25, 0.3) is 0 Å². The Morgan fingerprint density at radius 1 is 1.38 bits per heavy atom. The van der Waals surface area contributed by atoms with Crippen LogP contribution in [0.15, 0.2) is 0 Å². The van der Waals surface area contributed by atoms with E-state index in [9.17, 15) is 5.11 Å². The van der Waals surface area contributed by atoms with Crippen LogP contribution in [0.3, 0.4) is 0 Å². The quantitative estimate of drug-likeness (QED) is 0.554. The number of hydrogen-bond donors (Lipinski definition) is 3. The summed E-state index contributed by atoms with van der Waals surface area (Å²) >= 11 is 0. The van der Waals surface area contributed by atoms with Gasteiger partial charge >= 0.3 is 0 Å². The van der Waals surface area contributed by atoms with Gasteiger partial charge < -0.3 is 15.3 Å². The minimum Gasteiger partial charge on any atom is -0.396 e. The van der Waals surface area contributed by atoms with Gasteiger partial charge in [0, 0.05) is 6.61 Å². The van der Waals surface area contributed by atoms with Gasteiger partial charge in [-0.2, -0.15) is 0 Å². The van der Waals surface area contributed by atoms with Gasteiger partial charge in [0.05, 0.1) is 12.2 Å². The highest BCUT2D eigenvalue weighted by molar-refractivity contribution is 4.85. The van der Waals surface area contributed by atoms with Gasteiger partial charge in [0.1, 0.15) is 0 Å². The molecule has 0 aromatic carbocycles. The van der Waals surface area contributed by atoms with E-state index in [1.807, 2.05) is 0 Å². The summed E-state index contributed by atoms with van der Waals surface area (Å²) in [6, 6.07) is 0. The molecule has 78 valence electrons. The predicted octanol–water partition coefficient (Wildman–Crippen LogP) is 0.528. The number of hydrogen-bond acceptors (Lipinski definition) is 3. The Kier molecular flexibility index (Phi) is 3.71. The minimum absolute atomic E-state index is 0.157. The van der Waals surface area contributed by atoms with E-state index in [2.05, 4.69) is 6.92 Å². The van der Waals surface area contributed by atoms with Gasteiger partial charge in [-0.05, 0) is 37.5 Å². The molecule has 1 saturated carbocycles. The minimum atomic E-state index is -0.899. The third-order valence-electron chi connectivity index (χ3n) is 3.03. The van der Waals surface area contributed by atoms with Crippen LogP contribution in [-0.2, 0) is 0 Å². The lowest BCUT2D eigenvalue weighted by Crippen LogP contribution is -2.33. The normalized spacial score (nSPS) is 41.5. The van der Waals surface area contributed by atoms with Gasteiger partial charge in [-0.15, -0.1) is 0 Å². The fraction of sp³-hybridized carbons (Fsp3) is 1.00. The lowest BCUT2D eigenvalue weighted by Gasteiger charge is -2.25. The smallest absolute Gasteiger partial charge is 0.0880 e. The average Bonchev–Trinajstić information content (AvgIpc) is 2.25. The molecule has 0 saturated heterocycles. The molecule has 0 aromatic rings. The second kappa shape index (κ2) is 4.40. The Hall–Kier alpha value is -0.120. The van der Waals surface area contributed by atoms with Gasteiger partial charge in [-0.25, -0.2) is 0 Å². The standard InChI is InChI=1S/C10H20O3/c1-8-4-9(6-11)2-3-10(13,5-8)7-12/h8-9,11-13H,2-7H2,1H3. The summed E-state index contributed by atoms with van der Waals surface area (Å²) < 4.78 is 0. The van der Waals surface area contributed by atoms with Crippen LogP contribution in [0.5, 0.6) is 0 Å². The van der Waals surface area contributed by atoms with Crippen molar-refractivity contribution in [3.8, 4) is 0 Å². The maximum absolute atomic E-state index is 9.91.